The van der Waals surface area contributed by atoms with Crippen LogP contribution < -0.4 is 9.47 Å². The van der Waals surface area contributed by atoms with Gasteiger partial charge in [-0.1, -0.05) is 106 Å². The minimum Gasteiger partial charge on any atom is -0.462 e. The van der Waals surface area contributed by atoms with Crippen LogP contribution >= 0.6 is 11.3 Å². The fraction of sp³-hybridized carbons (Fsp3) is 0.400. The third-order valence-electron chi connectivity index (χ3n) is 12.9. The van der Waals surface area contributed by atoms with E-state index in [1.807, 2.05) is 53.9 Å². The van der Waals surface area contributed by atoms with Crippen molar-refractivity contribution in [3.8, 4) is 22.1 Å². The first-order valence-corrected chi connectivity index (χ1v) is 24.5. The maximum absolute atomic E-state index is 14.0. The van der Waals surface area contributed by atoms with Crippen LogP contribution in [-0.2, 0) is 54.3 Å². The third kappa shape index (κ3) is 11.7. The van der Waals surface area contributed by atoms with Gasteiger partial charge in [0, 0.05) is 29.0 Å². The normalized spacial score (nSPS) is 18.6. The third-order valence-corrected chi connectivity index (χ3v) is 13.8. The van der Waals surface area contributed by atoms with E-state index in [2.05, 4.69) is 62.4 Å². The van der Waals surface area contributed by atoms with Gasteiger partial charge in [0.25, 0.3) is 0 Å². The predicted molar refractivity (Wildman–Crippen MR) is 255 cm³/mol. The van der Waals surface area contributed by atoms with Gasteiger partial charge in [-0.25, -0.2) is 4.98 Å². The topological polar surface area (TPSA) is 118 Å². The van der Waals surface area contributed by atoms with Gasteiger partial charge in [-0.05, 0) is 123 Å². The van der Waals surface area contributed by atoms with E-state index in [1.165, 1.54) is 11.1 Å². The number of hydrogen-bond acceptors (Lipinski definition) is 10. The van der Waals surface area contributed by atoms with Crippen molar-refractivity contribution < 1.29 is 38.1 Å². The van der Waals surface area contributed by atoms with Crippen LogP contribution in [0.3, 0.4) is 0 Å². The highest BCUT2D eigenvalue weighted by atomic mass is 32.1. The molecule has 0 saturated heterocycles. The minimum absolute atomic E-state index is 0.217. The summed E-state index contributed by atoms with van der Waals surface area (Å²) in [5.74, 6) is -1.19. The van der Waals surface area contributed by atoms with Gasteiger partial charge in [-0.2, -0.15) is 0 Å². The molecule has 0 radical (unpaired) electrons. The number of aryl methyl sites for hydroxylation is 4. The lowest BCUT2D eigenvalue weighted by Crippen LogP contribution is -2.30. The molecular formula is C55H59NO8S. The second-order valence-corrected chi connectivity index (χ2v) is 18.6. The first-order valence-electron chi connectivity index (χ1n) is 23.6. The molecule has 0 N–H and O–H groups in total. The summed E-state index contributed by atoms with van der Waals surface area (Å²) >= 11 is 1.56. The molecule has 338 valence electrons. The van der Waals surface area contributed by atoms with Crippen molar-refractivity contribution in [2.45, 2.75) is 129 Å². The van der Waals surface area contributed by atoms with Gasteiger partial charge in [0.1, 0.15) is 23.5 Å². The van der Waals surface area contributed by atoms with Crippen LogP contribution in [0.4, 0.5) is 0 Å². The summed E-state index contributed by atoms with van der Waals surface area (Å²) < 4.78 is 24.4. The molecule has 65 heavy (non-hydrogen) atoms. The molecule has 2 aliphatic carbocycles. The minimum atomic E-state index is -0.379. The van der Waals surface area contributed by atoms with Crippen LogP contribution in [0.1, 0.15) is 113 Å². The molecule has 2 fully saturated rings. The molecule has 0 unspecified atom stereocenters. The molecule has 0 aliphatic heterocycles. The standard InChI is InChI=1S/C55H59NO8S/c1-3-8-36-13-17-38(18-14-36)21-33-49(57)61-42-27-23-40(24-28-42)54(59)63-52-44-10-5-6-11-45(44)53(51-46(52)31-32-47(56-51)48-12-7-35-65-48)64-55(60)41-25-29-43(30-26-41)62-50(58)34-22-39-19-15-37(9-4-2)16-20-39/h5-7,10-20,31-32,35,40-43H,3-4,8-9,21-30,33-34H2,1-2H3/t40-,41-,42-,43-. The summed E-state index contributed by atoms with van der Waals surface area (Å²) in [6, 6.07) is 32.1. The SMILES string of the molecule is CCCc1ccc(CCC(=O)O[C@H]2CC[C@H](C(=O)Oc3c4ccccc4c(OC(=O)[C@H]4CC[C@H](OC(=O)CCc5ccc(CCC)cc5)CC4)c4nc(-c5cccs5)ccc34)CC2)cc1. The largest absolute Gasteiger partial charge is 0.462 e. The van der Waals surface area contributed by atoms with Crippen LogP contribution in [0, 0.1) is 11.8 Å². The Kier molecular flexibility index (Phi) is 15.4. The molecule has 2 aromatic heterocycles. The zero-order chi connectivity index (χ0) is 45.1. The molecule has 0 spiro atoms. The average molecular weight is 894 g/mol. The highest BCUT2D eigenvalue weighted by Gasteiger charge is 2.33. The van der Waals surface area contributed by atoms with Crippen molar-refractivity contribution >= 4 is 56.9 Å². The molecular weight excluding hydrogens is 835 g/mol. The number of rotatable bonds is 17. The fourth-order valence-electron chi connectivity index (χ4n) is 9.25. The Balaban J connectivity index is 0.911. The van der Waals surface area contributed by atoms with E-state index in [-0.39, 0.29) is 47.9 Å². The van der Waals surface area contributed by atoms with E-state index in [1.54, 1.807) is 11.3 Å². The number of hydrogen-bond donors (Lipinski definition) is 0. The van der Waals surface area contributed by atoms with Crippen molar-refractivity contribution in [3.63, 3.8) is 0 Å². The van der Waals surface area contributed by atoms with Gasteiger partial charge in [-0.15, -0.1) is 11.3 Å². The highest BCUT2D eigenvalue weighted by molar-refractivity contribution is 7.13. The summed E-state index contributed by atoms with van der Waals surface area (Å²) in [7, 11) is 0. The zero-order valence-corrected chi connectivity index (χ0v) is 38.4. The van der Waals surface area contributed by atoms with Gasteiger partial charge in [0.05, 0.1) is 22.4 Å². The fourth-order valence-corrected chi connectivity index (χ4v) is 9.94. The molecule has 2 aliphatic rings. The van der Waals surface area contributed by atoms with Gasteiger partial charge in [0.15, 0.2) is 5.75 Å². The molecule has 10 heteroatoms. The number of nitrogens with zero attached hydrogens (tertiary/aromatic N) is 1. The molecule has 9 nitrogen and oxygen atoms in total. The second-order valence-electron chi connectivity index (χ2n) is 17.7. The van der Waals surface area contributed by atoms with Gasteiger partial charge in [-0.3, -0.25) is 19.2 Å². The summed E-state index contributed by atoms with van der Waals surface area (Å²) in [6.07, 6.45) is 10.2. The van der Waals surface area contributed by atoms with Crippen molar-refractivity contribution in [1.29, 1.82) is 0 Å². The number of benzene rings is 4. The van der Waals surface area contributed by atoms with Crippen molar-refractivity contribution in [1.82, 2.24) is 4.98 Å². The van der Waals surface area contributed by atoms with E-state index in [9.17, 15) is 19.2 Å². The van der Waals surface area contributed by atoms with Crippen molar-refractivity contribution in [2.24, 2.45) is 11.8 Å². The summed E-state index contributed by atoms with van der Waals surface area (Å²) in [5, 5.41) is 3.80. The predicted octanol–water partition coefficient (Wildman–Crippen LogP) is 12.3. The Morgan fingerprint density at radius 3 is 1.45 bits per heavy atom. The molecule has 0 atom stereocenters. The lowest BCUT2D eigenvalue weighted by atomic mass is 9.87. The Bertz CT molecular complexity index is 2570. The number of ether oxygens (including phenoxy) is 4. The van der Waals surface area contributed by atoms with Crippen LogP contribution in [0.2, 0.25) is 0 Å². The Morgan fingerprint density at radius 1 is 0.523 bits per heavy atom. The molecule has 2 saturated carbocycles. The van der Waals surface area contributed by atoms with E-state index >= 15 is 0 Å². The molecule has 8 rings (SSSR count). The summed E-state index contributed by atoms with van der Waals surface area (Å²) in [4.78, 5) is 59.7. The molecule has 0 bridgehead atoms. The highest BCUT2D eigenvalue weighted by Crippen LogP contribution is 2.44. The Labute approximate surface area is 385 Å². The zero-order valence-electron chi connectivity index (χ0n) is 37.6. The van der Waals surface area contributed by atoms with Gasteiger partial charge >= 0.3 is 23.9 Å². The maximum atomic E-state index is 14.0. The van der Waals surface area contributed by atoms with Crippen LogP contribution in [0.15, 0.2) is 102 Å². The number of thiophene rings is 1. The van der Waals surface area contributed by atoms with Crippen molar-refractivity contribution in [2.75, 3.05) is 0 Å². The smallest absolute Gasteiger partial charge is 0.314 e. The molecule has 6 aromatic rings. The number of esters is 4. The number of carbonyl (C=O) groups is 4. The molecule has 0 amide bonds. The number of fused-ring (bicyclic) bond motifs is 2. The van der Waals surface area contributed by atoms with Crippen LogP contribution in [0.25, 0.3) is 32.2 Å². The molecule has 4 aromatic carbocycles. The quantitative estimate of drug-likeness (QED) is 0.0501. The summed E-state index contributed by atoms with van der Waals surface area (Å²) in [5.41, 5.74) is 5.98. The van der Waals surface area contributed by atoms with Gasteiger partial charge < -0.3 is 18.9 Å². The van der Waals surface area contributed by atoms with E-state index < -0.39 is 0 Å². The number of carbonyl (C=O) groups excluding carboxylic acids is 4. The van der Waals surface area contributed by atoms with E-state index in [0.717, 1.165) is 41.7 Å². The first kappa shape index (κ1) is 45.7. The monoisotopic (exact) mass is 893 g/mol. The molecule has 2 heterocycles. The van der Waals surface area contributed by atoms with Crippen LogP contribution in [0.5, 0.6) is 11.5 Å². The first-order chi connectivity index (χ1) is 31.7. The van der Waals surface area contributed by atoms with E-state index in [4.69, 9.17) is 23.9 Å². The van der Waals surface area contributed by atoms with Crippen molar-refractivity contribution in [3.05, 3.63) is 125 Å². The number of aromatic nitrogens is 1. The van der Waals surface area contributed by atoms with Gasteiger partial charge in [0.2, 0.25) is 0 Å². The second kappa shape index (κ2) is 21.9. The Morgan fingerprint density at radius 2 is 0.985 bits per heavy atom. The summed E-state index contributed by atoms with van der Waals surface area (Å²) in [6.45, 7) is 4.33. The van der Waals surface area contributed by atoms with E-state index in [0.29, 0.717) is 116 Å². The number of pyridine rings is 1. The lowest BCUT2D eigenvalue weighted by molar-refractivity contribution is -0.153. The van der Waals surface area contributed by atoms with Crippen LogP contribution in [-0.4, -0.2) is 41.1 Å². The average Bonchev–Trinajstić information content (AvgIpc) is 3.88. The Hall–Kier alpha value is -5.87. The lowest BCUT2D eigenvalue weighted by Gasteiger charge is -2.28. The maximum Gasteiger partial charge on any atom is 0.314 e.